The summed E-state index contributed by atoms with van der Waals surface area (Å²) in [6.45, 7) is 3.19. The van der Waals surface area contributed by atoms with E-state index in [2.05, 4.69) is 5.32 Å². The largest absolute Gasteiger partial charge is 0.378 e. The van der Waals surface area contributed by atoms with Gasteiger partial charge >= 0.3 is 0 Å². The predicted octanol–water partition coefficient (Wildman–Crippen LogP) is 2.24. The first-order chi connectivity index (χ1) is 7.86. The number of benzene rings is 1. The topological polar surface area (TPSA) is 56.1 Å². The van der Waals surface area contributed by atoms with E-state index in [1.165, 1.54) is 0 Å². The molecule has 90 valence electrons. The number of nitrogens with zero attached hydrogens (tertiary/aromatic N) is 2. The van der Waals surface area contributed by atoms with Crippen molar-refractivity contribution in [1.82, 2.24) is 0 Å². The summed E-state index contributed by atoms with van der Waals surface area (Å²) in [6, 6.07) is 9.43. The average Bonchev–Trinajstić information content (AvgIpc) is 2.29. The van der Waals surface area contributed by atoms with E-state index in [0.29, 0.717) is 5.69 Å². The van der Waals surface area contributed by atoms with Gasteiger partial charge in [-0.15, -0.1) is 0 Å². The zero-order chi connectivity index (χ0) is 13.1. The highest BCUT2D eigenvalue weighted by Gasteiger charge is 2.27. The van der Waals surface area contributed by atoms with Gasteiger partial charge in [0.1, 0.15) is 5.41 Å². The van der Waals surface area contributed by atoms with E-state index in [4.69, 9.17) is 5.26 Å². The van der Waals surface area contributed by atoms with Crippen molar-refractivity contribution in [3.8, 4) is 6.07 Å². The maximum atomic E-state index is 11.7. The van der Waals surface area contributed by atoms with Gasteiger partial charge in [-0.25, -0.2) is 0 Å². The number of amides is 1. The number of carbonyl (C=O) groups excluding carboxylic acids is 1. The molecular formula is C13H17N3O. The molecule has 0 atom stereocenters. The molecule has 0 aliphatic rings. The molecule has 17 heavy (non-hydrogen) atoms. The quantitative estimate of drug-likeness (QED) is 0.868. The first-order valence-electron chi connectivity index (χ1n) is 5.37. The van der Waals surface area contributed by atoms with Crippen LogP contribution in [0.15, 0.2) is 24.3 Å². The van der Waals surface area contributed by atoms with Crippen LogP contribution in [-0.2, 0) is 4.79 Å². The normalized spacial score (nSPS) is 10.5. The van der Waals surface area contributed by atoms with E-state index >= 15 is 0 Å². The Balaban J connectivity index is 2.78. The molecule has 4 heteroatoms. The average molecular weight is 231 g/mol. The lowest BCUT2D eigenvalue weighted by Gasteiger charge is -2.16. The van der Waals surface area contributed by atoms with Crippen molar-refractivity contribution in [3.63, 3.8) is 0 Å². The minimum absolute atomic E-state index is 0.294. The maximum Gasteiger partial charge on any atom is 0.244 e. The summed E-state index contributed by atoms with van der Waals surface area (Å²) >= 11 is 0. The molecule has 0 aliphatic heterocycles. The third-order valence-electron chi connectivity index (χ3n) is 2.49. The molecule has 0 radical (unpaired) electrons. The number of nitrogens with one attached hydrogen (secondary N) is 1. The molecule has 0 saturated carbocycles. The van der Waals surface area contributed by atoms with Crippen LogP contribution in [-0.4, -0.2) is 20.0 Å². The number of nitriles is 1. The summed E-state index contributed by atoms with van der Waals surface area (Å²) in [4.78, 5) is 13.7. The number of hydrogen-bond acceptors (Lipinski definition) is 3. The van der Waals surface area contributed by atoms with Crippen molar-refractivity contribution in [2.45, 2.75) is 13.8 Å². The molecule has 1 N–H and O–H groups in total. The Hall–Kier alpha value is -2.02. The Kier molecular flexibility index (Phi) is 3.74. The summed E-state index contributed by atoms with van der Waals surface area (Å²) in [6.07, 6.45) is 0. The second-order valence-corrected chi connectivity index (χ2v) is 4.63. The second-order valence-electron chi connectivity index (χ2n) is 4.63. The van der Waals surface area contributed by atoms with Crippen LogP contribution in [0.2, 0.25) is 0 Å². The van der Waals surface area contributed by atoms with E-state index in [-0.39, 0.29) is 5.91 Å². The van der Waals surface area contributed by atoms with Gasteiger partial charge in [0, 0.05) is 25.5 Å². The van der Waals surface area contributed by atoms with Crippen molar-refractivity contribution in [2.75, 3.05) is 24.3 Å². The Morgan fingerprint density at radius 2 is 1.82 bits per heavy atom. The van der Waals surface area contributed by atoms with Gasteiger partial charge in [0.2, 0.25) is 5.91 Å². The summed E-state index contributed by atoms with van der Waals surface area (Å²) < 4.78 is 0. The predicted molar refractivity (Wildman–Crippen MR) is 68.8 cm³/mol. The minimum Gasteiger partial charge on any atom is -0.378 e. The summed E-state index contributed by atoms with van der Waals surface area (Å²) in [5, 5.41) is 11.6. The third kappa shape index (κ3) is 3.22. The first kappa shape index (κ1) is 13.0. The van der Waals surface area contributed by atoms with Crippen LogP contribution in [0.4, 0.5) is 11.4 Å². The van der Waals surface area contributed by atoms with Crippen molar-refractivity contribution < 1.29 is 4.79 Å². The second kappa shape index (κ2) is 4.88. The van der Waals surface area contributed by atoms with Gasteiger partial charge in [-0.05, 0) is 38.1 Å². The highest BCUT2D eigenvalue weighted by Crippen LogP contribution is 2.19. The zero-order valence-electron chi connectivity index (χ0n) is 10.6. The molecule has 1 amide bonds. The van der Waals surface area contributed by atoms with Gasteiger partial charge in [-0.1, -0.05) is 0 Å². The van der Waals surface area contributed by atoms with Crippen LogP contribution in [0.1, 0.15) is 13.8 Å². The zero-order valence-corrected chi connectivity index (χ0v) is 10.6. The van der Waals surface area contributed by atoms with E-state index in [0.717, 1.165) is 5.69 Å². The van der Waals surface area contributed by atoms with Crippen LogP contribution in [0.25, 0.3) is 0 Å². The van der Waals surface area contributed by atoms with Gasteiger partial charge < -0.3 is 10.2 Å². The van der Waals surface area contributed by atoms with Crippen LogP contribution < -0.4 is 10.2 Å². The van der Waals surface area contributed by atoms with Gasteiger partial charge in [-0.3, -0.25) is 4.79 Å². The first-order valence-corrected chi connectivity index (χ1v) is 5.37. The fourth-order valence-corrected chi connectivity index (χ4v) is 1.18. The summed E-state index contributed by atoms with van der Waals surface area (Å²) in [7, 11) is 3.90. The minimum atomic E-state index is -1.01. The van der Waals surface area contributed by atoms with Crippen LogP contribution >= 0.6 is 0 Å². The molecule has 0 heterocycles. The monoisotopic (exact) mass is 231 g/mol. The van der Waals surface area contributed by atoms with Crippen molar-refractivity contribution in [2.24, 2.45) is 5.41 Å². The molecular weight excluding hydrogens is 214 g/mol. The fourth-order valence-electron chi connectivity index (χ4n) is 1.18. The molecule has 0 saturated heterocycles. The summed E-state index contributed by atoms with van der Waals surface area (Å²) in [5.41, 5.74) is 0.742. The van der Waals surface area contributed by atoms with Crippen molar-refractivity contribution in [1.29, 1.82) is 5.26 Å². The van der Waals surface area contributed by atoms with Gasteiger partial charge in [-0.2, -0.15) is 5.26 Å². The smallest absolute Gasteiger partial charge is 0.244 e. The molecule has 1 aromatic rings. The maximum absolute atomic E-state index is 11.7. The molecule has 4 nitrogen and oxygen atoms in total. The van der Waals surface area contributed by atoms with Gasteiger partial charge in [0.05, 0.1) is 6.07 Å². The molecule has 0 aliphatic carbocycles. The standard InChI is InChI=1S/C13H17N3O/c1-13(2,9-14)12(17)15-10-5-7-11(8-6-10)16(3)4/h5-8H,1-4H3,(H,15,17). The lowest BCUT2D eigenvalue weighted by atomic mass is 9.94. The van der Waals surface area contributed by atoms with Crippen LogP contribution in [0.3, 0.4) is 0 Å². The summed E-state index contributed by atoms with van der Waals surface area (Å²) in [5.74, 6) is -0.294. The Morgan fingerprint density at radius 1 is 1.29 bits per heavy atom. The van der Waals surface area contributed by atoms with Gasteiger partial charge in [0.15, 0.2) is 0 Å². The van der Waals surface area contributed by atoms with Crippen LogP contribution in [0, 0.1) is 16.7 Å². The molecule has 1 rings (SSSR count). The number of rotatable bonds is 3. The molecule has 0 unspecified atom stereocenters. The van der Waals surface area contributed by atoms with E-state index in [1.54, 1.807) is 13.8 Å². The molecule has 0 bridgehead atoms. The van der Waals surface area contributed by atoms with Gasteiger partial charge in [0.25, 0.3) is 0 Å². The molecule has 0 spiro atoms. The molecule has 0 aromatic heterocycles. The van der Waals surface area contributed by atoms with E-state index < -0.39 is 5.41 Å². The molecule has 1 aromatic carbocycles. The van der Waals surface area contributed by atoms with Crippen molar-refractivity contribution >= 4 is 17.3 Å². The third-order valence-corrected chi connectivity index (χ3v) is 2.49. The lowest BCUT2D eigenvalue weighted by Crippen LogP contribution is -2.29. The van der Waals surface area contributed by atoms with Crippen LogP contribution in [0.5, 0.6) is 0 Å². The molecule has 0 fully saturated rings. The Labute approximate surface area is 102 Å². The lowest BCUT2D eigenvalue weighted by molar-refractivity contribution is -0.121. The number of hydrogen-bond donors (Lipinski definition) is 1. The Morgan fingerprint density at radius 3 is 2.24 bits per heavy atom. The highest BCUT2D eigenvalue weighted by atomic mass is 16.2. The Bertz CT molecular complexity index is 441. The highest BCUT2D eigenvalue weighted by molar-refractivity contribution is 5.96. The number of anilines is 2. The number of carbonyl (C=O) groups is 1. The van der Waals surface area contributed by atoms with E-state index in [1.807, 2.05) is 49.3 Å². The fraction of sp³-hybridized carbons (Fsp3) is 0.385. The SMILES string of the molecule is CN(C)c1ccc(NC(=O)C(C)(C)C#N)cc1. The van der Waals surface area contributed by atoms with E-state index in [9.17, 15) is 4.79 Å². The van der Waals surface area contributed by atoms with Crippen molar-refractivity contribution in [3.05, 3.63) is 24.3 Å².